The van der Waals surface area contributed by atoms with Gasteiger partial charge in [-0.15, -0.1) is 0 Å². The van der Waals surface area contributed by atoms with Crippen molar-refractivity contribution >= 4 is 27.4 Å². The van der Waals surface area contributed by atoms with E-state index in [-0.39, 0.29) is 35.5 Å². The first-order chi connectivity index (χ1) is 9.22. The van der Waals surface area contributed by atoms with Crippen LogP contribution in [0.5, 0.6) is 0 Å². The van der Waals surface area contributed by atoms with Crippen molar-refractivity contribution in [3.8, 4) is 0 Å². The molecule has 1 aliphatic rings. The van der Waals surface area contributed by atoms with Crippen LogP contribution in [0.15, 0.2) is 4.99 Å². The fourth-order valence-corrected chi connectivity index (χ4v) is 2.30. The first-order valence-electron chi connectivity index (χ1n) is 6.38. The molecule has 1 aliphatic heterocycles. The minimum Gasteiger partial charge on any atom is -0.846 e. The van der Waals surface area contributed by atoms with Crippen LogP contribution in [0.3, 0.4) is 0 Å². The molecule has 0 fully saturated rings. The molecule has 0 aliphatic carbocycles. The molecule has 8 nitrogen and oxygen atoms in total. The van der Waals surface area contributed by atoms with Crippen LogP contribution in [0, 0.1) is 11.3 Å². The Morgan fingerprint density at radius 1 is 1.33 bits per heavy atom. The SMILES string of the molecule is CCCC(C)C1(CC)C(=O)N=C([O-])NC1=O.O[SiH](O)O.[Na+]. The smallest absolute Gasteiger partial charge is 0.846 e. The molecule has 2 atom stereocenters. The summed E-state index contributed by atoms with van der Waals surface area (Å²) in [7, 11) is -3.14. The van der Waals surface area contributed by atoms with Gasteiger partial charge in [0.15, 0.2) is 0 Å². The number of hydrogen-bond acceptors (Lipinski definition) is 6. The second kappa shape index (κ2) is 10.4. The Morgan fingerprint density at radius 3 is 2.14 bits per heavy atom. The first kappa shape index (κ1) is 23.0. The monoisotopic (exact) mass is 328 g/mol. The summed E-state index contributed by atoms with van der Waals surface area (Å²) in [4.78, 5) is 49.0. The van der Waals surface area contributed by atoms with Crippen LogP contribution >= 0.6 is 0 Å². The van der Waals surface area contributed by atoms with Crippen LogP contribution in [0.1, 0.15) is 40.0 Å². The third-order valence-corrected chi connectivity index (χ3v) is 3.33. The van der Waals surface area contributed by atoms with Crippen LogP contribution in [-0.2, 0) is 9.59 Å². The number of aliphatic imine (C=N–C) groups is 1. The van der Waals surface area contributed by atoms with Gasteiger partial charge in [-0.1, -0.05) is 27.2 Å². The van der Waals surface area contributed by atoms with Crippen molar-refractivity contribution in [2.75, 3.05) is 0 Å². The Morgan fingerprint density at radius 2 is 1.81 bits per heavy atom. The average Bonchev–Trinajstić information content (AvgIpc) is 2.28. The molecule has 21 heavy (non-hydrogen) atoms. The van der Waals surface area contributed by atoms with E-state index >= 15 is 0 Å². The number of nitrogens with zero attached hydrogens (tertiary/aromatic N) is 1. The Kier molecular flexibility index (Phi) is 11.4. The number of hydrogen-bond donors (Lipinski definition) is 4. The van der Waals surface area contributed by atoms with Crippen molar-refractivity contribution in [1.29, 1.82) is 0 Å². The predicted molar refractivity (Wildman–Crippen MR) is 71.2 cm³/mol. The van der Waals surface area contributed by atoms with Gasteiger partial charge >= 0.3 is 39.1 Å². The van der Waals surface area contributed by atoms with Crippen molar-refractivity contribution in [2.45, 2.75) is 40.0 Å². The quantitative estimate of drug-likeness (QED) is 0.300. The van der Waals surface area contributed by atoms with Gasteiger partial charge < -0.3 is 24.8 Å². The third kappa shape index (κ3) is 6.15. The maximum atomic E-state index is 11.9. The van der Waals surface area contributed by atoms with Gasteiger partial charge in [-0.25, -0.2) is 4.99 Å². The van der Waals surface area contributed by atoms with Gasteiger partial charge in [0.05, 0.1) is 6.02 Å². The van der Waals surface area contributed by atoms with Gasteiger partial charge in [-0.2, -0.15) is 0 Å². The zero-order valence-corrected chi connectivity index (χ0v) is 15.9. The summed E-state index contributed by atoms with van der Waals surface area (Å²) in [6.07, 6.45) is 2.02. The van der Waals surface area contributed by atoms with Gasteiger partial charge in [0.25, 0.3) is 5.91 Å². The molecular weight excluding hydrogens is 307 g/mol. The van der Waals surface area contributed by atoms with Crippen molar-refractivity contribution in [1.82, 2.24) is 5.32 Å². The van der Waals surface area contributed by atoms with E-state index in [2.05, 4.69) is 10.3 Å². The number of carbonyl (C=O) groups excluding carboxylic acids is 2. The van der Waals surface area contributed by atoms with Crippen molar-refractivity contribution in [3.63, 3.8) is 0 Å². The third-order valence-electron chi connectivity index (χ3n) is 3.33. The number of carbonyl (C=O) groups is 2. The number of amides is 2. The normalized spacial score (nSPS) is 22.5. The predicted octanol–water partition coefficient (Wildman–Crippen LogP) is -5.12. The largest absolute Gasteiger partial charge is 1.00 e. The van der Waals surface area contributed by atoms with E-state index in [1.165, 1.54) is 0 Å². The molecule has 0 aromatic rings. The topological polar surface area (TPSA) is 142 Å². The van der Waals surface area contributed by atoms with Crippen molar-refractivity contribution in [2.24, 2.45) is 16.3 Å². The minimum atomic E-state index is -3.14. The molecule has 1 heterocycles. The standard InChI is InChI=1S/C11H18N2O3.Na.H4O3Si/c1-4-6-7(3)11(5-2)8(14)12-10(16)13-9(11)15;;1-4(2)3/h7H,4-6H2,1-3H3,(H2,12,13,14,15,16);;1-4H/q;+1;/p-1. The number of rotatable bonds is 4. The van der Waals surface area contributed by atoms with E-state index in [1.807, 2.05) is 13.8 Å². The molecule has 0 aromatic carbocycles. The van der Waals surface area contributed by atoms with Crippen LogP contribution in [-0.4, -0.2) is 41.8 Å². The van der Waals surface area contributed by atoms with Crippen LogP contribution in [0.2, 0.25) is 0 Å². The summed E-state index contributed by atoms with van der Waals surface area (Å²) in [5, 5.41) is 13.1. The molecule has 0 saturated heterocycles. The molecule has 0 spiro atoms. The molecule has 116 valence electrons. The Bertz CT molecular complexity index is 390. The Hall–Kier alpha value is -0.293. The zero-order valence-electron chi connectivity index (χ0n) is 12.8. The molecule has 4 N–H and O–H groups in total. The van der Waals surface area contributed by atoms with Gasteiger partial charge in [0.2, 0.25) is 5.91 Å². The summed E-state index contributed by atoms with van der Waals surface area (Å²) >= 11 is 0. The van der Waals surface area contributed by atoms with Crippen LogP contribution in [0.4, 0.5) is 0 Å². The summed E-state index contributed by atoms with van der Waals surface area (Å²) in [6.45, 7) is 5.62. The summed E-state index contributed by atoms with van der Waals surface area (Å²) in [5.41, 5.74) is -1.15. The molecule has 0 aromatic heterocycles. The van der Waals surface area contributed by atoms with E-state index in [0.29, 0.717) is 6.42 Å². The van der Waals surface area contributed by atoms with Crippen LogP contribution < -0.4 is 40.0 Å². The molecule has 0 radical (unpaired) electrons. The van der Waals surface area contributed by atoms with Gasteiger partial charge in [0.1, 0.15) is 5.41 Å². The molecule has 0 saturated carbocycles. The van der Waals surface area contributed by atoms with Gasteiger partial charge in [0, 0.05) is 0 Å². The Balaban J connectivity index is 0. The second-order valence-electron chi connectivity index (χ2n) is 4.54. The molecule has 10 heteroatoms. The molecule has 2 amide bonds. The maximum absolute atomic E-state index is 11.9. The fourth-order valence-electron chi connectivity index (χ4n) is 2.30. The van der Waals surface area contributed by atoms with Gasteiger partial charge in [-0.05, 0) is 18.8 Å². The Labute approximate surface area is 147 Å². The van der Waals surface area contributed by atoms with E-state index in [1.54, 1.807) is 6.92 Å². The van der Waals surface area contributed by atoms with E-state index in [9.17, 15) is 14.7 Å². The minimum absolute atomic E-state index is 0. The number of amidine groups is 1. The van der Waals surface area contributed by atoms with Gasteiger partial charge in [-0.3, -0.25) is 9.59 Å². The molecule has 1 rings (SSSR count). The summed E-state index contributed by atoms with van der Waals surface area (Å²) in [5.74, 6) is -1.20. The molecular formula is C11H21N2NaO6Si. The first-order valence-corrected chi connectivity index (χ1v) is 7.93. The van der Waals surface area contributed by atoms with Crippen LogP contribution in [0.25, 0.3) is 0 Å². The molecule has 0 bridgehead atoms. The average molecular weight is 328 g/mol. The molecule has 2 unspecified atom stereocenters. The van der Waals surface area contributed by atoms with E-state index in [0.717, 1.165) is 12.8 Å². The second-order valence-corrected chi connectivity index (χ2v) is 5.23. The van der Waals surface area contributed by atoms with E-state index < -0.39 is 32.8 Å². The number of nitrogens with one attached hydrogen (secondary N) is 1. The fraction of sp³-hybridized carbons (Fsp3) is 0.727. The maximum Gasteiger partial charge on any atom is 1.00 e. The van der Waals surface area contributed by atoms with E-state index in [4.69, 9.17) is 14.4 Å². The zero-order chi connectivity index (χ0) is 15.9. The van der Waals surface area contributed by atoms with Crippen molar-refractivity contribution in [3.05, 3.63) is 0 Å². The summed E-state index contributed by atoms with van der Waals surface area (Å²) < 4.78 is 0. The summed E-state index contributed by atoms with van der Waals surface area (Å²) in [6, 6.07) is -0.845. The van der Waals surface area contributed by atoms with Crippen molar-refractivity contribution < 1.29 is 58.6 Å².